The van der Waals surface area contributed by atoms with Crippen LogP contribution in [0.2, 0.25) is 4.13 Å². The van der Waals surface area contributed by atoms with E-state index < -0.39 is 21.6 Å². The van der Waals surface area contributed by atoms with E-state index in [0.717, 1.165) is 4.13 Å². The Labute approximate surface area is 171 Å². The molecule has 158 valence electrons. The van der Waals surface area contributed by atoms with Crippen LogP contribution in [0.15, 0.2) is 0 Å². The molecule has 0 N–H and O–H groups in total. The molecule has 0 aliphatic heterocycles. The molecule has 0 saturated carbocycles. The van der Waals surface area contributed by atoms with Crippen LogP contribution in [-0.4, -0.2) is 19.8 Å². The van der Waals surface area contributed by atoms with Crippen molar-refractivity contribution in [1.29, 1.82) is 0 Å². The third kappa shape index (κ3) is 15.8. The summed E-state index contributed by atoms with van der Waals surface area (Å²) in [6, 6.07) is 0. The van der Waals surface area contributed by atoms with Gasteiger partial charge in [0.05, 0.1) is 0 Å². The Morgan fingerprint density at radius 2 is 0.731 bits per heavy atom. The second-order valence-corrected chi connectivity index (χ2v) is 14.0. The van der Waals surface area contributed by atoms with E-state index in [1.807, 2.05) is 0 Å². The molecule has 0 amide bonds. The Morgan fingerprint density at radius 3 is 1.04 bits per heavy atom. The van der Waals surface area contributed by atoms with Crippen LogP contribution in [0.1, 0.15) is 118 Å². The van der Waals surface area contributed by atoms with Crippen LogP contribution in [0.3, 0.4) is 0 Å². The van der Waals surface area contributed by atoms with Crippen molar-refractivity contribution < 1.29 is 30.0 Å². The molecule has 26 heavy (non-hydrogen) atoms. The quantitative estimate of drug-likeness (QED) is 0.166. The summed E-state index contributed by atoms with van der Waals surface area (Å²) < 4.78 is 19.0. The molecule has 0 heterocycles. The second kappa shape index (κ2) is 20.5. The fourth-order valence-corrected chi connectivity index (χ4v) is 10.1. The Hall–Kier alpha value is 0.763. The number of hydrogen-bond donors (Lipinski definition) is 0. The first-order valence-electron chi connectivity index (χ1n) is 11.7. The first-order chi connectivity index (χ1) is 12.7. The van der Waals surface area contributed by atoms with E-state index in [2.05, 4.69) is 27.7 Å². The summed E-state index contributed by atoms with van der Waals surface area (Å²) in [5, 5.41) is 0. The summed E-state index contributed by atoms with van der Waals surface area (Å²) in [5.74, 6) is 0. The van der Waals surface area contributed by atoms with Crippen LogP contribution in [-0.2, 0) is 30.0 Å². The zero-order valence-corrected chi connectivity index (χ0v) is 20.9. The minimum absolute atomic E-state index is 0.717. The van der Waals surface area contributed by atoms with Crippen LogP contribution in [0.5, 0.6) is 0 Å². The Bertz CT molecular complexity index is 257. The number of rotatable bonds is 21. The first-order valence-corrected chi connectivity index (χ1v) is 16.4. The minimum atomic E-state index is -3.21. The predicted octanol–water partition coefficient (Wildman–Crippen LogP) is 7.89. The van der Waals surface area contributed by atoms with Gasteiger partial charge < -0.3 is 0 Å². The molecule has 0 aliphatic rings. The van der Waals surface area contributed by atoms with Crippen molar-refractivity contribution >= 4 is 0 Å². The topological polar surface area (TPSA) is 27.7 Å². The Morgan fingerprint density at radius 1 is 0.423 bits per heavy atom. The Balaban J connectivity index is 3.52. The summed E-state index contributed by atoms with van der Waals surface area (Å²) in [6.07, 6.45) is 19.5. The molecule has 0 aromatic heterocycles. The molecule has 0 spiro atoms. The van der Waals surface area contributed by atoms with E-state index in [4.69, 9.17) is 8.44 Å². The van der Waals surface area contributed by atoms with E-state index in [0.29, 0.717) is 19.8 Å². The molecule has 0 aliphatic carbocycles. The predicted molar refractivity (Wildman–Crippen MR) is 110 cm³/mol. The summed E-state index contributed by atoms with van der Waals surface area (Å²) in [6.45, 7) is 10.6. The molecular formula is C22H48O3Zr. The molecule has 0 bridgehead atoms. The van der Waals surface area contributed by atoms with E-state index >= 15 is 0 Å². The number of unbranched alkanes of at least 4 members (excludes halogenated alkanes) is 13. The zero-order valence-electron chi connectivity index (χ0n) is 18.5. The van der Waals surface area contributed by atoms with Crippen LogP contribution in [0.4, 0.5) is 0 Å². The molecule has 0 unspecified atom stereocenters. The van der Waals surface area contributed by atoms with E-state index in [1.165, 1.54) is 89.9 Å². The maximum atomic E-state index is 5.99. The Kier molecular flexibility index (Phi) is 21.1. The van der Waals surface area contributed by atoms with Gasteiger partial charge in [0.15, 0.2) is 0 Å². The second-order valence-electron chi connectivity index (χ2n) is 7.33. The van der Waals surface area contributed by atoms with Gasteiger partial charge in [0.2, 0.25) is 0 Å². The van der Waals surface area contributed by atoms with Gasteiger partial charge in [0, 0.05) is 0 Å². The summed E-state index contributed by atoms with van der Waals surface area (Å²) in [4.78, 5) is 0. The molecule has 4 heteroatoms. The molecule has 0 aromatic rings. The molecule has 0 saturated heterocycles. The van der Waals surface area contributed by atoms with Crippen molar-refractivity contribution in [2.24, 2.45) is 0 Å². The monoisotopic (exact) mass is 450 g/mol. The third-order valence-corrected chi connectivity index (χ3v) is 12.7. The summed E-state index contributed by atoms with van der Waals surface area (Å²) in [7, 11) is 0. The van der Waals surface area contributed by atoms with Gasteiger partial charge in [-0.2, -0.15) is 0 Å². The van der Waals surface area contributed by atoms with E-state index in [-0.39, 0.29) is 0 Å². The molecular weight excluding hydrogens is 403 g/mol. The fraction of sp³-hybridized carbons (Fsp3) is 1.00. The summed E-state index contributed by atoms with van der Waals surface area (Å²) >= 11 is -3.21. The standard InChI is InChI=1S/C16H33.3C2H5O.Zr/c1-3-5-7-9-11-13-15-16-14-12-10-8-6-4-2;3*1-2-3;/h1,3-16H2,2H3;3*2H2,1H3;/q;3*-1;+3. The van der Waals surface area contributed by atoms with Crippen molar-refractivity contribution in [1.82, 2.24) is 0 Å². The van der Waals surface area contributed by atoms with Gasteiger partial charge in [0.25, 0.3) is 0 Å². The SMILES string of the molecule is CCCCCCCCCCCCCCC[CH2][Zr]([O]CC)([O]CC)[O]CC. The number of hydrogen-bond acceptors (Lipinski definition) is 3. The average Bonchev–Trinajstić information content (AvgIpc) is 2.63. The van der Waals surface area contributed by atoms with Crippen LogP contribution in [0, 0.1) is 0 Å². The zero-order chi connectivity index (χ0) is 19.3. The van der Waals surface area contributed by atoms with Gasteiger partial charge in [-0.15, -0.1) is 0 Å². The molecule has 0 radical (unpaired) electrons. The maximum absolute atomic E-state index is 5.99. The van der Waals surface area contributed by atoms with Gasteiger partial charge in [-0.25, -0.2) is 0 Å². The third-order valence-electron chi connectivity index (χ3n) is 4.93. The van der Waals surface area contributed by atoms with E-state index in [9.17, 15) is 0 Å². The average molecular weight is 452 g/mol. The fourth-order valence-electron chi connectivity index (χ4n) is 3.54. The van der Waals surface area contributed by atoms with Crippen molar-refractivity contribution in [3.05, 3.63) is 0 Å². The van der Waals surface area contributed by atoms with Crippen molar-refractivity contribution in [3.8, 4) is 0 Å². The van der Waals surface area contributed by atoms with Crippen LogP contribution < -0.4 is 0 Å². The van der Waals surface area contributed by atoms with Crippen molar-refractivity contribution in [2.75, 3.05) is 19.8 Å². The molecule has 0 rings (SSSR count). The van der Waals surface area contributed by atoms with Crippen LogP contribution >= 0.6 is 0 Å². The van der Waals surface area contributed by atoms with Gasteiger partial charge in [0.1, 0.15) is 0 Å². The molecule has 0 fully saturated rings. The van der Waals surface area contributed by atoms with Gasteiger partial charge in [-0.1, -0.05) is 26.2 Å². The molecule has 3 nitrogen and oxygen atoms in total. The van der Waals surface area contributed by atoms with Crippen molar-refractivity contribution in [2.45, 2.75) is 122 Å². The van der Waals surface area contributed by atoms with Gasteiger partial charge >= 0.3 is 145 Å². The molecule has 0 atom stereocenters. The van der Waals surface area contributed by atoms with E-state index in [1.54, 1.807) is 0 Å². The normalized spacial score (nSPS) is 12.0. The van der Waals surface area contributed by atoms with Gasteiger partial charge in [-0.05, 0) is 0 Å². The van der Waals surface area contributed by atoms with Crippen molar-refractivity contribution in [3.63, 3.8) is 0 Å². The molecule has 0 aromatic carbocycles. The first kappa shape index (κ1) is 26.8. The van der Waals surface area contributed by atoms with Crippen LogP contribution in [0.25, 0.3) is 0 Å². The van der Waals surface area contributed by atoms with Gasteiger partial charge in [-0.3, -0.25) is 0 Å². The summed E-state index contributed by atoms with van der Waals surface area (Å²) in [5.41, 5.74) is 0.